The second-order valence-corrected chi connectivity index (χ2v) is 4.87. The van der Waals surface area contributed by atoms with Crippen LogP contribution in [-0.4, -0.2) is 23.7 Å². The van der Waals surface area contributed by atoms with Crippen LogP contribution in [0, 0.1) is 0 Å². The number of para-hydroxylation sites is 1. The Morgan fingerprint density at radius 3 is 2.91 bits per heavy atom. The van der Waals surface area contributed by atoms with E-state index in [4.69, 9.17) is 9.15 Å². The summed E-state index contributed by atoms with van der Waals surface area (Å²) in [5.41, 5.74) is 4.14. The number of benzene rings is 1. The van der Waals surface area contributed by atoms with Crippen LogP contribution in [0.4, 0.5) is 0 Å². The van der Waals surface area contributed by atoms with E-state index >= 15 is 0 Å². The van der Waals surface area contributed by atoms with Crippen molar-refractivity contribution >= 4 is 22.6 Å². The molecule has 6 nitrogen and oxygen atoms in total. The standard InChI is InChI=1S/C17H15N3O3/c1-11(19-20-17(21)13-6-4-8-18-10-13)15-9-12-5-3-7-14(22-2)16(12)23-15/h3-10H,1-2H3,(H,20,21)/b19-11-. The highest BCUT2D eigenvalue weighted by Gasteiger charge is 2.11. The van der Waals surface area contributed by atoms with E-state index < -0.39 is 0 Å². The van der Waals surface area contributed by atoms with Gasteiger partial charge in [0.05, 0.1) is 12.7 Å². The van der Waals surface area contributed by atoms with Gasteiger partial charge in [-0.3, -0.25) is 9.78 Å². The van der Waals surface area contributed by atoms with Gasteiger partial charge in [0.15, 0.2) is 17.1 Å². The highest BCUT2D eigenvalue weighted by atomic mass is 16.5. The second-order valence-electron chi connectivity index (χ2n) is 4.87. The van der Waals surface area contributed by atoms with E-state index in [-0.39, 0.29) is 5.91 Å². The molecule has 2 aromatic heterocycles. The number of carbonyl (C=O) groups excluding carboxylic acids is 1. The first kappa shape index (κ1) is 14.8. The third kappa shape index (κ3) is 3.06. The second kappa shape index (κ2) is 6.31. The Balaban J connectivity index is 1.82. The molecule has 0 aliphatic rings. The Kier molecular flexibility index (Phi) is 4.05. The van der Waals surface area contributed by atoms with Gasteiger partial charge >= 0.3 is 0 Å². The predicted octanol–water partition coefficient (Wildman–Crippen LogP) is 2.99. The summed E-state index contributed by atoms with van der Waals surface area (Å²) in [6.07, 6.45) is 3.08. The van der Waals surface area contributed by atoms with Crippen molar-refractivity contribution in [2.75, 3.05) is 7.11 Å². The average molecular weight is 309 g/mol. The van der Waals surface area contributed by atoms with Gasteiger partial charge in [0.1, 0.15) is 5.71 Å². The normalized spacial score (nSPS) is 11.5. The molecule has 3 aromatic rings. The van der Waals surface area contributed by atoms with Gasteiger partial charge in [0.2, 0.25) is 0 Å². The highest BCUT2D eigenvalue weighted by Crippen LogP contribution is 2.28. The first-order valence-corrected chi connectivity index (χ1v) is 7.00. The number of nitrogens with zero attached hydrogens (tertiary/aromatic N) is 2. The molecule has 0 atom stereocenters. The van der Waals surface area contributed by atoms with Gasteiger partial charge in [-0.1, -0.05) is 12.1 Å². The maximum absolute atomic E-state index is 11.9. The third-order valence-corrected chi connectivity index (χ3v) is 3.33. The number of carbonyl (C=O) groups is 1. The molecule has 0 unspecified atom stereocenters. The zero-order chi connectivity index (χ0) is 16.2. The van der Waals surface area contributed by atoms with E-state index in [2.05, 4.69) is 15.5 Å². The molecule has 23 heavy (non-hydrogen) atoms. The van der Waals surface area contributed by atoms with Crippen LogP contribution in [0.15, 0.2) is 58.3 Å². The van der Waals surface area contributed by atoms with E-state index in [1.54, 1.807) is 32.4 Å². The van der Waals surface area contributed by atoms with Crippen LogP contribution in [0.1, 0.15) is 23.0 Å². The molecule has 1 N–H and O–H groups in total. The van der Waals surface area contributed by atoms with Crippen LogP contribution in [0.2, 0.25) is 0 Å². The van der Waals surface area contributed by atoms with Crippen molar-refractivity contribution in [2.45, 2.75) is 6.92 Å². The molecule has 1 aromatic carbocycles. The molecule has 0 spiro atoms. The Morgan fingerprint density at radius 1 is 1.30 bits per heavy atom. The number of hydrogen-bond donors (Lipinski definition) is 1. The fraction of sp³-hybridized carbons (Fsp3) is 0.118. The lowest BCUT2D eigenvalue weighted by molar-refractivity contribution is 0.0954. The summed E-state index contributed by atoms with van der Waals surface area (Å²) in [5.74, 6) is 0.892. The first-order chi connectivity index (χ1) is 11.2. The zero-order valence-corrected chi connectivity index (χ0v) is 12.7. The molecule has 6 heteroatoms. The van der Waals surface area contributed by atoms with Crippen LogP contribution in [0.3, 0.4) is 0 Å². The molecule has 116 valence electrons. The van der Waals surface area contributed by atoms with Crippen LogP contribution < -0.4 is 10.2 Å². The van der Waals surface area contributed by atoms with E-state index in [1.165, 1.54) is 6.20 Å². The number of hydrogen-bond acceptors (Lipinski definition) is 5. The molecule has 2 heterocycles. The molecule has 0 bridgehead atoms. The lowest BCUT2D eigenvalue weighted by Gasteiger charge is -2.00. The number of furan rings is 1. The molecule has 0 aliphatic heterocycles. The Bertz CT molecular complexity index is 869. The summed E-state index contributed by atoms with van der Waals surface area (Å²) < 4.78 is 11.0. The minimum atomic E-state index is -0.328. The van der Waals surface area contributed by atoms with Crippen LogP contribution in [0.25, 0.3) is 11.0 Å². The van der Waals surface area contributed by atoms with Crippen LogP contribution in [-0.2, 0) is 0 Å². The number of amides is 1. The largest absolute Gasteiger partial charge is 0.493 e. The molecule has 0 radical (unpaired) electrons. The Morgan fingerprint density at radius 2 is 2.17 bits per heavy atom. The van der Waals surface area contributed by atoms with E-state index in [9.17, 15) is 4.79 Å². The number of aromatic nitrogens is 1. The monoisotopic (exact) mass is 309 g/mol. The highest BCUT2D eigenvalue weighted by molar-refractivity contribution is 6.02. The summed E-state index contributed by atoms with van der Waals surface area (Å²) in [5, 5.41) is 4.99. The number of hydrazone groups is 1. The first-order valence-electron chi connectivity index (χ1n) is 7.00. The lowest BCUT2D eigenvalue weighted by Crippen LogP contribution is -2.19. The Labute approximate surface area is 132 Å². The number of ether oxygens (including phenoxy) is 1. The lowest BCUT2D eigenvalue weighted by atomic mass is 10.2. The van der Waals surface area contributed by atoms with Crippen molar-refractivity contribution in [1.29, 1.82) is 0 Å². The van der Waals surface area contributed by atoms with E-state index in [1.807, 2.05) is 24.3 Å². The van der Waals surface area contributed by atoms with Crippen LogP contribution >= 0.6 is 0 Å². The predicted molar refractivity (Wildman–Crippen MR) is 86.7 cm³/mol. The molecule has 0 aliphatic carbocycles. The number of nitrogens with one attached hydrogen (secondary N) is 1. The SMILES string of the molecule is COc1cccc2cc(/C(C)=N\NC(=O)c3cccnc3)oc12. The maximum Gasteiger partial charge on any atom is 0.272 e. The topological polar surface area (TPSA) is 76.7 Å². The van der Waals surface area contributed by atoms with Crippen molar-refractivity contribution in [3.8, 4) is 5.75 Å². The maximum atomic E-state index is 11.9. The van der Waals surface area contributed by atoms with Crippen molar-refractivity contribution in [1.82, 2.24) is 10.4 Å². The van der Waals surface area contributed by atoms with Crippen molar-refractivity contribution in [2.24, 2.45) is 5.10 Å². The van der Waals surface area contributed by atoms with E-state index in [0.29, 0.717) is 28.4 Å². The fourth-order valence-electron chi connectivity index (χ4n) is 2.13. The van der Waals surface area contributed by atoms with E-state index in [0.717, 1.165) is 5.39 Å². The minimum absolute atomic E-state index is 0.328. The molecule has 0 fully saturated rings. The average Bonchev–Trinajstić information content (AvgIpc) is 3.04. The van der Waals surface area contributed by atoms with Gasteiger partial charge in [-0.05, 0) is 31.2 Å². The van der Waals surface area contributed by atoms with Crippen LogP contribution in [0.5, 0.6) is 5.75 Å². The molecular formula is C17H15N3O3. The molecule has 1 amide bonds. The Hall–Kier alpha value is -3.15. The van der Waals surface area contributed by atoms with Crippen molar-refractivity contribution in [3.05, 3.63) is 60.1 Å². The molecule has 0 saturated carbocycles. The summed E-state index contributed by atoms with van der Waals surface area (Å²) in [4.78, 5) is 15.8. The molecule has 3 rings (SSSR count). The number of fused-ring (bicyclic) bond motifs is 1. The number of rotatable bonds is 4. The van der Waals surface area contributed by atoms with Gasteiger partial charge in [0.25, 0.3) is 5.91 Å². The zero-order valence-electron chi connectivity index (χ0n) is 12.7. The minimum Gasteiger partial charge on any atom is -0.493 e. The quantitative estimate of drug-likeness (QED) is 0.593. The van der Waals surface area contributed by atoms with Gasteiger partial charge in [-0.2, -0.15) is 5.10 Å². The number of pyridine rings is 1. The third-order valence-electron chi connectivity index (χ3n) is 3.33. The van der Waals surface area contributed by atoms with Gasteiger partial charge in [0, 0.05) is 17.8 Å². The summed E-state index contributed by atoms with van der Waals surface area (Å²) >= 11 is 0. The summed E-state index contributed by atoms with van der Waals surface area (Å²) in [6, 6.07) is 10.8. The summed E-state index contributed by atoms with van der Waals surface area (Å²) in [6.45, 7) is 1.76. The molecular weight excluding hydrogens is 294 g/mol. The van der Waals surface area contributed by atoms with Gasteiger partial charge in [-0.15, -0.1) is 0 Å². The van der Waals surface area contributed by atoms with Gasteiger partial charge < -0.3 is 9.15 Å². The smallest absolute Gasteiger partial charge is 0.272 e. The fourth-order valence-corrected chi connectivity index (χ4v) is 2.13. The summed E-state index contributed by atoms with van der Waals surface area (Å²) in [7, 11) is 1.59. The molecule has 0 saturated heterocycles. The van der Waals surface area contributed by atoms with Crippen molar-refractivity contribution < 1.29 is 13.9 Å². The number of methoxy groups -OCH3 is 1. The van der Waals surface area contributed by atoms with Crippen molar-refractivity contribution in [3.63, 3.8) is 0 Å². The van der Waals surface area contributed by atoms with Gasteiger partial charge in [-0.25, -0.2) is 5.43 Å².